The molecular formula is C13H15ClINO2. The maximum absolute atomic E-state index is 12.2. The highest BCUT2D eigenvalue weighted by Crippen LogP contribution is 2.26. The third-order valence-electron chi connectivity index (χ3n) is 3.17. The Balaban J connectivity index is 2.06. The van der Waals surface area contributed by atoms with Gasteiger partial charge >= 0.3 is 0 Å². The van der Waals surface area contributed by atoms with E-state index in [2.05, 4.69) is 34.8 Å². The summed E-state index contributed by atoms with van der Waals surface area (Å²) in [5.74, 6) is 0.375. The molecule has 1 N–H and O–H groups in total. The first kappa shape index (κ1) is 14.1. The van der Waals surface area contributed by atoms with Gasteiger partial charge in [-0.2, -0.15) is 0 Å². The van der Waals surface area contributed by atoms with Crippen LogP contribution in [0.15, 0.2) is 18.2 Å². The van der Waals surface area contributed by atoms with Crippen molar-refractivity contribution >= 4 is 45.8 Å². The van der Waals surface area contributed by atoms with Gasteiger partial charge in [-0.05, 0) is 53.1 Å². The number of halogens is 2. The second-order valence-electron chi connectivity index (χ2n) is 4.56. The Hall–Kier alpha value is -0.330. The normalized spacial score (nSPS) is 23.7. The Bertz CT molecular complexity index is 453. The van der Waals surface area contributed by atoms with Crippen molar-refractivity contribution in [3.05, 3.63) is 26.8 Å². The predicted octanol–water partition coefficient (Wildman–Crippen LogP) is 3.56. The number of amides is 1. The molecule has 2 atom stereocenters. The summed E-state index contributed by atoms with van der Waals surface area (Å²) in [6, 6.07) is 5.46. The smallest absolute Gasteiger partial charge is 0.227 e. The Labute approximate surface area is 125 Å². The largest absolute Gasteiger partial charge is 0.381 e. The van der Waals surface area contributed by atoms with Crippen molar-refractivity contribution in [1.82, 2.24) is 0 Å². The summed E-state index contributed by atoms with van der Waals surface area (Å²) in [4.78, 5) is 12.2. The van der Waals surface area contributed by atoms with E-state index in [9.17, 15) is 4.79 Å². The van der Waals surface area contributed by atoms with E-state index in [4.69, 9.17) is 16.3 Å². The van der Waals surface area contributed by atoms with Crippen LogP contribution in [0.4, 0.5) is 5.69 Å². The van der Waals surface area contributed by atoms with Gasteiger partial charge in [0.15, 0.2) is 0 Å². The first-order valence-corrected chi connectivity index (χ1v) is 7.37. The minimum atomic E-state index is 0.0326. The van der Waals surface area contributed by atoms with Crippen molar-refractivity contribution in [2.45, 2.75) is 13.3 Å². The van der Waals surface area contributed by atoms with E-state index in [1.807, 2.05) is 12.1 Å². The van der Waals surface area contributed by atoms with Crippen molar-refractivity contribution in [2.24, 2.45) is 11.8 Å². The average molecular weight is 380 g/mol. The number of benzene rings is 1. The number of nitrogens with one attached hydrogen (secondary N) is 1. The van der Waals surface area contributed by atoms with Gasteiger partial charge in [0.25, 0.3) is 0 Å². The molecule has 2 rings (SSSR count). The Morgan fingerprint density at radius 2 is 2.33 bits per heavy atom. The fraction of sp³-hybridized carbons (Fsp3) is 0.462. The maximum Gasteiger partial charge on any atom is 0.227 e. The van der Waals surface area contributed by atoms with Crippen LogP contribution in [0, 0.1) is 15.4 Å². The van der Waals surface area contributed by atoms with Crippen LogP contribution < -0.4 is 5.32 Å². The monoisotopic (exact) mass is 379 g/mol. The van der Waals surface area contributed by atoms with E-state index in [0.29, 0.717) is 18.2 Å². The van der Waals surface area contributed by atoms with Crippen LogP contribution in [-0.4, -0.2) is 19.1 Å². The van der Waals surface area contributed by atoms with Crippen LogP contribution in [0.25, 0.3) is 0 Å². The van der Waals surface area contributed by atoms with Gasteiger partial charge in [0.1, 0.15) is 0 Å². The van der Waals surface area contributed by atoms with E-state index in [1.54, 1.807) is 6.07 Å². The molecular weight excluding hydrogens is 365 g/mol. The molecule has 1 fully saturated rings. The van der Waals surface area contributed by atoms with Gasteiger partial charge in [0.2, 0.25) is 5.91 Å². The zero-order valence-corrected chi connectivity index (χ0v) is 13.0. The highest BCUT2D eigenvalue weighted by atomic mass is 127. The number of rotatable bonds is 2. The SMILES string of the molecule is CC1COCCC1C(=O)Nc1ccc(Cl)cc1I. The minimum Gasteiger partial charge on any atom is -0.381 e. The van der Waals surface area contributed by atoms with Gasteiger partial charge in [-0.1, -0.05) is 18.5 Å². The van der Waals surface area contributed by atoms with Crippen molar-refractivity contribution in [2.75, 3.05) is 18.5 Å². The second kappa shape index (κ2) is 6.21. The lowest BCUT2D eigenvalue weighted by Gasteiger charge is -2.27. The van der Waals surface area contributed by atoms with Gasteiger partial charge in [-0.25, -0.2) is 0 Å². The van der Waals surface area contributed by atoms with Gasteiger partial charge in [0, 0.05) is 27.7 Å². The molecule has 1 aliphatic rings. The zero-order chi connectivity index (χ0) is 13.1. The summed E-state index contributed by atoms with van der Waals surface area (Å²) < 4.78 is 6.30. The quantitative estimate of drug-likeness (QED) is 0.798. The first-order chi connectivity index (χ1) is 8.58. The summed E-state index contributed by atoms with van der Waals surface area (Å²) in [5, 5.41) is 3.65. The van der Waals surface area contributed by atoms with E-state index < -0.39 is 0 Å². The van der Waals surface area contributed by atoms with Crippen molar-refractivity contribution in [1.29, 1.82) is 0 Å². The lowest BCUT2D eigenvalue weighted by atomic mass is 9.89. The highest BCUT2D eigenvalue weighted by molar-refractivity contribution is 14.1. The standard InChI is InChI=1S/C13H15ClINO2/c1-8-7-18-5-4-10(8)13(17)16-12-3-2-9(14)6-11(12)15/h2-3,6,8,10H,4-5,7H2,1H3,(H,16,17). The zero-order valence-electron chi connectivity index (χ0n) is 10.1. The molecule has 0 aliphatic carbocycles. The van der Waals surface area contributed by atoms with Gasteiger partial charge < -0.3 is 10.1 Å². The third-order valence-corrected chi connectivity index (χ3v) is 4.29. The summed E-state index contributed by atoms with van der Waals surface area (Å²) in [6.07, 6.45) is 0.789. The number of anilines is 1. The molecule has 2 unspecified atom stereocenters. The molecule has 98 valence electrons. The third kappa shape index (κ3) is 3.36. The molecule has 1 aliphatic heterocycles. The number of ether oxygens (including phenoxy) is 1. The van der Waals surface area contributed by atoms with E-state index in [1.165, 1.54) is 0 Å². The van der Waals surface area contributed by atoms with Crippen LogP contribution in [0.3, 0.4) is 0 Å². The Morgan fingerprint density at radius 3 is 3.00 bits per heavy atom. The minimum absolute atomic E-state index is 0.0326. The Kier molecular flexibility index (Phi) is 4.86. The molecule has 1 aromatic rings. The number of carbonyl (C=O) groups excluding carboxylic acids is 1. The molecule has 3 nitrogen and oxygen atoms in total. The van der Waals surface area contributed by atoms with Crippen LogP contribution in [0.1, 0.15) is 13.3 Å². The molecule has 1 heterocycles. The van der Waals surface area contributed by atoms with E-state index >= 15 is 0 Å². The van der Waals surface area contributed by atoms with Crippen LogP contribution in [0.2, 0.25) is 5.02 Å². The molecule has 5 heteroatoms. The van der Waals surface area contributed by atoms with Crippen molar-refractivity contribution < 1.29 is 9.53 Å². The molecule has 0 spiro atoms. The fourth-order valence-electron chi connectivity index (χ4n) is 2.09. The summed E-state index contributed by atoms with van der Waals surface area (Å²) >= 11 is 8.06. The van der Waals surface area contributed by atoms with Gasteiger partial charge in [-0.15, -0.1) is 0 Å². The lowest BCUT2D eigenvalue weighted by molar-refractivity contribution is -0.125. The molecule has 0 radical (unpaired) electrons. The average Bonchev–Trinajstić information content (AvgIpc) is 2.33. The Morgan fingerprint density at radius 1 is 1.56 bits per heavy atom. The van der Waals surface area contributed by atoms with Crippen molar-refractivity contribution in [3.8, 4) is 0 Å². The topological polar surface area (TPSA) is 38.3 Å². The molecule has 1 amide bonds. The number of hydrogen-bond donors (Lipinski definition) is 1. The molecule has 18 heavy (non-hydrogen) atoms. The second-order valence-corrected chi connectivity index (χ2v) is 6.16. The maximum atomic E-state index is 12.2. The fourth-order valence-corrected chi connectivity index (χ4v) is 3.09. The molecule has 1 saturated heterocycles. The van der Waals surface area contributed by atoms with Gasteiger partial charge in [0.05, 0.1) is 5.69 Å². The number of hydrogen-bond acceptors (Lipinski definition) is 2. The summed E-state index contributed by atoms with van der Waals surface area (Å²) in [6.45, 7) is 3.38. The van der Waals surface area contributed by atoms with Crippen LogP contribution in [-0.2, 0) is 9.53 Å². The van der Waals surface area contributed by atoms with Gasteiger partial charge in [-0.3, -0.25) is 4.79 Å². The van der Waals surface area contributed by atoms with Crippen LogP contribution in [0.5, 0.6) is 0 Å². The van der Waals surface area contributed by atoms with Crippen LogP contribution >= 0.6 is 34.2 Å². The van der Waals surface area contributed by atoms with Crippen molar-refractivity contribution in [3.63, 3.8) is 0 Å². The lowest BCUT2D eigenvalue weighted by Crippen LogP contribution is -2.35. The summed E-state index contributed by atoms with van der Waals surface area (Å²) in [5.41, 5.74) is 0.823. The number of carbonyl (C=O) groups is 1. The summed E-state index contributed by atoms with van der Waals surface area (Å²) in [7, 11) is 0. The highest BCUT2D eigenvalue weighted by Gasteiger charge is 2.28. The molecule has 0 aromatic heterocycles. The molecule has 0 bridgehead atoms. The first-order valence-electron chi connectivity index (χ1n) is 5.91. The molecule has 1 aromatic carbocycles. The van der Waals surface area contributed by atoms with E-state index in [-0.39, 0.29) is 17.7 Å². The predicted molar refractivity (Wildman–Crippen MR) is 80.9 cm³/mol. The molecule has 0 saturated carbocycles. The van der Waals surface area contributed by atoms with E-state index in [0.717, 1.165) is 15.7 Å².